The Labute approximate surface area is 186 Å². The summed E-state index contributed by atoms with van der Waals surface area (Å²) in [5.74, 6) is -0.249. The first-order valence-electron chi connectivity index (χ1n) is 9.65. The Morgan fingerprint density at radius 3 is 2.09 bits per heavy atom. The van der Waals surface area contributed by atoms with Crippen LogP contribution in [0.4, 0.5) is 5.69 Å². The second-order valence-corrected chi connectivity index (χ2v) is 7.02. The Balaban J connectivity index is 2.02. The first kappa shape index (κ1) is 21.6. The van der Waals surface area contributed by atoms with Gasteiger partial charge in [-0.2, -0.15) is 0 Å². The number of nitro benzene ring substituents is 1. The largest absolute Gasteiger partial charge is 0.502 e. The maximum Gasteiger partial charge on any atom is 0.311 e. The van der Waals surface area contributed by atoms with E-state index in [0.717, 1.165) is 12.1 Å². The van der Waals surface area contributed by atoms with Crippen LogP contribution < -0.4 is 14.9 Å². The van der Waals surface area contributed by atoms with Crippen LogP contribution >= 0.6 is 0 Å². The van der Waals surface area contributed by atoms with E-state index < -0.39 is 27.6 Å². The first-order valence-corrected chi connectivity index (χ1v) is 9.65. The summed E-state index contributed by atoms with van der Waals surface area (Å²) < 4.78 is 16.1. The number of carbonyl (C=O) groups is 1. The molecule has 0 saturated heterocycles. The number of rotatable bonds is 6. The van der Waals surface area contributed by atoms with Crippen LogP contribution in [0.2, 0.25) is 0 Å². The maximum absolute atomic E-state index is 13.4. The van der Waals surface area contributed by atoms with Crippen LogP contribution in [0.3, 0.4) is 0 Å². The highest BCUT2D eigenvalue weighted by Gasteiger charge is 2.26. The molecule has 3 aromatic carbocycles. The number of nitrogens with zero attached hydrogens (tertiary/aromatic N) is 1. The number of phenolic OH excluding ortho intramolecular Hbond substituents is 1. The van der Waals surface area contributed by atoms with Gasteiger partial charge in [0.15, 0.2) is 5.75 Å². The Bertz CT molecular complexity index is 1440. The van der Waals surface area contributed by atoms with Crippen molar-refractivity contribution in [2.24, 2.45) is 0 Å². The molecule has 9 nitrogen and oxygen atoms in total. The van der Waals surface area contributed by atoms with Crippen LogP contribution in [0.5, 0.6) is 17.2 Å². The van der Waals surface area contributed by atoms with E-state index in [2.05, 4.69) is 0 Å². The molecule has 0 aliphatic rings. The molecular weight excluding hydrogens is 430 g/mol. The lowest BCUT2D eigenvalue weighted by Crippen LogP contribution is -2.18. The summed E-state index contributed by atoms with van der Waals surface area (Å²) in [7, 11) is 2.98. The minimum absolute atomic E-state index is 0.0378. The minimum atomic E-state index is -0.823. The molecule has 9 heteroatoms. The summed E-state index contributed by atoms with van der Waals surface area (Å²) in [5, 5.41) is 21.1. The molecular formula is C24H17NO8. The summed E-state index contributed by atoms with van der Waals surface area (Å²) in [6.45, 7) is 0. The molecule has 0 unspecified atom stereocenters. The molecule has 0 aliphatic heterocycles. The van der Waals surface area contributed by atoms with E-state index in [-0.39, 0.29) is 27.9 Å². The van der Waals surface area contributed by atoms with Crippen molar-refractivity contribution in [2.75, 3.05) is 14.2 Å². The Morgan fingerprint density at radius 2 is 1.55 bits per heavy atom. The van der Waals surface area contributed by atoms with Crippen LogP contribution in [0, 0.1) is 10.1 Å². The number of methoxy groups -OCH3 is 2. The van der Waals surface area contributed by atoms with Crippen molar-refractivity contribution in [2.45, 2.75) is 0 Å². The number of hydrogen-bond acceptors (Lipinski definition) is 8. The Morgan fingerprint density at radius 1 is 0.970 bits per heavy atom. The zero-order valence-electron chi connectivity index (χ0n) is 17.5. The zero-order valence-corrected chi connectivity index (χ0v) is 17.5. The van der Waals surface area contributed by atoms with E-state index >= 15 is 0 Å². The smallest absolute Gasteiger partial charge is 0.311 e. The molecule has 33 heavy (non-hydrogen) atoms. The third-order valence-corrected chi connectivity index (χ3v) is 5.12. The van der Waals surface area contributed by atoms with Crippen molar-refractivity contribution in [3.8, 4) is 28.6 Å². The average Bonchev–Trinajstić information content (AvgIpc) is 2.83. The molecule has 0 atom stereocenters. The van der Waals surface area contributed by atoms with Gasteiger partial charge in [0.05, 0.1) is 24.5 Å². The van der Waals surface area contributed by atoms with Gasteiger partial charge in [-0.1, -0.05) is 0 Å². The van der Waals surface area contributed by atoms with Crippen molar-refractivity contribution >= 4 is 22.4 Å². The number of ketones is 1. The number of hydrogen-bond donors (Lipinski definition) is 1. The number of nitro groups is 1. The van der Waals surface area contributed by atoms with Crippen LogP contribution in [-0.2, 0) is 0 Å². The van der Waals surface area contributed by atoms with Gasteiger partial charge in [-0.25, -0.2) is 0 Å². The van der Waals surface area contributed by atoms with Crippen molar-refractivity contribution in [1.82, 2.24) is 0 Å². The lowest BCUT2D eigenvalue weighted by molar-refractivity contribution is -0.385. The van der Waals surface area contributed by atoms with Gasteiger partial charge >= 0.3 is 5.69 Å². The number of aromatic hydroxyl groups is 1. The normalized spacial score (nSPS) is 10.7. The molecule has 0 amide bonds. The maximum atomic E-state index is 13.4. The van der Waals surface area contributed by atoms with Crippen molar-refractivity contribution in [3.63, 3.8) is 0 Å². The summed E-state index contributed by atoms with van der Waals surface area (Å²) >= 11 is 0. The van der Waals surface area contributed by atoms with Gasteiger partial charge in [0.25, 0.3) is 0 Å². The Kier molecular flexibility index (Phi) is 5.53. The monoisotopic (exact) mass is 447 g/mol. The number of phenols is 1. The first-order chi connectivity index (χ1) is 15.8. The number of ether oxygens (including phenoxy) is 2. The molecule has 0 radical (unpaired) electrons. The van der Waals surface area contributed by atoms with E-state index in [1.165, 1.54) is 26.4 Å². The third-order valence-electron chi connectivity index (χ3n) is 5.12. The lowest BCUT2D eigenvalue weighted by atomic mass is 9.97. The fourth-order valence-corrected chi connectivity index (χ4v) is 3.40. The zero-order chi connectivity index (χ0) is 23.7. The van der Waals surface area contributed by atoms with Crippen LogP contribution in [-0.4, -0.2) is 30.0 Å². The van der Waals surface area contributed by atoms with Crippen LogP contribution in [0.1, 0.15) is 15.9 Å². The third kappa shape index (κ3) is 3.87. The highest BCUT2D eigenvalue weighted by atomic mass is 16.6. The van der Waals surface area contributed by atoms with Crippen LogP contribution in [0.15, 0.2) is 69.9 Å². The second-order valence-electron chi connectivity index (χ2n) is 7.02. The topological polar surface area (TPSA) is 129 Å². The van der Waals surface area contributed by atoms with E-state index in [0.29, 0.717) is 17.1 Å². The minimum Gasteiger partial charge on any atom is -0.502 e. The predicted molar refractivity (Wildman–Crippen MR) is 119 cm³/mol. The Hall–Kier alpha value is -4.66. The summed E-state index contributed by atoms with van der Waals surface area (Å²) in [6.07, 6.45) is 0. The molecule has 4 aromatic rings. The van der Waals surface area contributed by atoms with Crippen molar-refractivity contribution in [1.29, 1.82) is 0 Å². The fourth-order valence-electron chi connectivity index (χ4n) is 3.40. The van der Waals surface area contributed by atoms with Gasteiger partial charge in [0.2, 0.25) is 11.2 Å². The van der Waals surface area contributed by atoms with E-state index in [9.17, 15) is 24.8 Å². The highest BCUT2D eigenvalue weighted by molar-refractivity contribution is 6.13. The molecule has 1 aromatic heterocycles. The van der Waals surface area contributed by atoms with E-state index in [1.54, 1.807) is 36.4 Å². The van der Waals surface area contributed by atoms with Gasteiger partial charge in [-0.15, -0.1) is 0 Å². The van der Waals surface area contributed by atoms with Gasteiger partial charge in [0, 0.05) is 23.3 Å². The fraction of sp³-hybridized carbons (Fsp3) is 0.0833. The molecule has 166 valence electrons. The summed E-state index contributed by atoms with van der Waals surface area (Å²) in [6, 6.07) is 14.5. The lowest BCUT2D eigenvalue weighted by Gasteiger charge is -2.11. The summed E-state index contributed by atoms with van der Waals surface area (Å²) in [4.78, 5) is 37.3. The second kappa shape index (κ2) is 8.46. The predicted octanol–water partition coefficient (Wildman–Crippen LogP) is 4.32. The molecule has 0 fully saturated rings. The van der Waals surface area contributed by atoms with Crippen LogP contribution in [0.25, 0.3) is 22.3 Å². The van der Waals surface area contributed by atoms with E-state index in [1.807, 2.05) is 0 Å². The van der Waals surface area contributed by atoms with Crippen molar-refractivity contribution < 1.29 is 28.7 Å². The highest BCUT2D eigenvalue weighted by Crippen LogP contribution is 2.34. The van der Waals surface area contributed by atoms with Crippen molar-refractivity contribution in [3.05, 3.63) is 92.1 Å². The molecule has 0 aliphatic carbocycles. The molecule has 1 N–H and O–H groups in total. The number of benzene rings is 3. The average molecular weight is 447 g/mol. The molecule has 0 saturated carbocycles. The van der Waals surface area contributed by atoms with E-state index in [4.69, 9.17) is 13.9 Å². The molecule has 0 spiro atoms. The van der Waals surface area contributed by atoms with Gasteiger partial charge < -0.3 is 19.0 Å². The van der Waals surface area contributed by atoms with Gasteiger partial charge in [-0.3, -0.25) is 19.7 Å². The number of carbonyl (C=O) groups excluding carboxylic acids is 1. The molecule has 1 heterocycles. The van der Waals surface area contributed by atoms with Gasteiger partial charge in [0.1, 0.15) is 28.4 Å². The quantitative estimate of drug-likeness (QED) is 0.263. The standard InChI is InChI=1S/C24H17NO8/c1-31-15-7-3-13(4-8-15)22(27)21-23(28)17-11-18(25(29)30)19(26)12-20(17)33-24(21)14-5-9-16(32-2)10-6-14/h3-12,26H,1-2H3. The molecule has 0 bridgehead atoms. The number of fused-ring (bicyclic) bond motifs is 1. The van der Waals surface area contributed by atoms with Gasteiger partial charge in [-0.05, 0) is 48.5 Å². The molecule has 4 rings (SSSR count). The summed E-state index contributed by atoms with van der Waals surface area (Å²) in [5.41, 5.74) is -1.21. The SMILES string of the molecule is COc1ccc(C(=O)c2c(-c3ccc(OC)cc3)oc3cc(O)c([N+](=O)[O-])cc3c2=O)cc1.